The van der Waals surface area contributed by atoms with E-state index in [2.05, 4.69) is 43.7 Å². The third kappa shape index (κ3) is 2.13. The predicted octanol–water partition coefficient (Wildman–Crippen LogP) is 4.51. The van der Waals surface area contributed by atoms with Crippen LogP contribution in [0.15, 0.2) is 53.0 Å². The molecule has 0 bridgehead atoms. The Kier molecular flexibility index (Phi) is 3.06. The Balaban J connectivity index is 2.14. The number of rotatable bonds is 2. The van der Waals surface area contributed by atoms with Gasteiger partial charge in [0.2, 0.25) is 0 Å². The van der Waals surface area contributed by atoms with E-state index < -0.39 is 0 Å². The van der Waals surface area contributed by atoms with Crippen LogP contribution in [0.4, 0.5) is 0 Å². The van der Waals surface area contributed by atoms with Gasteiger partial charge in [0, 0.05) is 4.47 Å². The fourth-order valence-corrected chi connectivity index (χ4v) is 2.67. The average Bonchev–Trinajstić information content (AvgIpc) is 2.67. The highest BCUT2D eigenvalue weighted by atomic mass is 79.9. The molecule has 4 heteroatoms. The highest BCUT2D eigenvalue weighted by Gasteiger charge is 2.05. The first kappa shape index (κ1) is 11.7. The maximum Gasteiger partial charge on any atom is 0.178 e. The molecule has 1 heterocycles. The van der Waals surface area contributed by atoms with Crippen molar-refractivity contribution in [1.82, 2.24) is 9.55 Å². The largest absolute Gasteiger partial charge is 0.331 e. The molecule has 2 aromatic carbocycles. The van der Waals surface area contributed by atoms with Crippen LogP contribution in [0.5, 0.6) is 0 Å². The minimum atomic E-state index is 0.756. The highest BCUT2D eigenvalue weighted by molar-refractivity contribution is 9.10. The van der Waals surface area contributed by atoms with Crippen molar-refractivity contribution in [3.8, 4) is 0 Å². The predicted molar refractivity (Wildman–Crippen MR) is 80.4 cm³/mol. The summed E-state index contributed by atoms with van der Waals surface area (Å²) >= 11 is 8.89. The molecule has 0 aliphatic heterocycles. The van der Waals surface area contributed by atoms with Crippen LogP contribution in [0.1, 0.15) is 5.56 Å². The van der Waals surface area contributed by atoms with Gasteiger partial charge >= 0.3 is 0 Å². The minimum Gasteiger partial charge on any atom is -0.331 e. The summed E-state index contributed by atoms with van der Waals surface area (Å²) in [5.41, 5.74) is 3.44. The van der Waals surface area contributed by atoms with Gasteiger partial charge in [0.25, 0.3) is 0 Å². The van der Waals surface area contributed by atoms with Crippen LogP contribution in [0.25, 0.3) is 11.0 Å². The first-order valence-corrected chi connectivity index (χ1v) is 6.86. The van der Waals surface area contributed by atoms with Crippen LogP contribution in [-0.4, -0.2) is 9.55 Å². The maximum absolute atomic E-state index is 5.39. The van der Waals surface area contributed by atoms with E-state index in [-0.39, 0.29) is 0 Å². The van der Waals surface area contributed by atoms with Gasteiger partial charge in [-0.15, -0.1) is 0 Å². The van der Waals surface area contributed by atoms with Crippen LogP contribution in [0.2, 0.25) is 0 Å². The molecule has 0 saturated heterocycles. The molecule has 1 aromatic heterocycles. The van der Waals surface area contributed by atoms with Crippen molar-refractivity contribution in [2.24, 2.45) is 0 Å². The van der Waals surface area contributed by atoms with Crippen molar-refractivity contribution in [1.29, 1.82) is 0 Å². The number of fused-ring (bicyclic) bond motifs is 1. The molecule has 0 radical (unpaired) electrons. The molecule has 3 rings (SSSR count). The first-order valence-electron chi connectivity index (χ1n) is 5.66. The van der Waals surface area contributed by atoms with E-state index in [1.165, 1.54) is 5.56 Å². The van der Waals surface area contributed by atoms with Crippen LogP contribution in [0.3, 0.4) is 0 Å². The monoisotopic (exact) mass is 318 g/mol. The van der Waals surface area contributed by atoms with Crippen molar-refractivity contribution in [3.05, 3.63) is 63.3 Å². The van der Waals surface area contributed by atoms with Gasteiger partial charge < -0.3 is 9.55 Å². The zero-order chi connectivity index (χ0) is 12.5. The molecule has 2 nitrogen and oxygen atoms in total. The molecule has 0 aliphatic carbocycles. The molecule has 18 heavy (non-hydrogen) atoms. The zero-order valence-electron chi connectivity index (χ0n) is 9.56. The summed E-state index contributed by atoms with van der Waals surface area (Å²) < 4.78 is 3.93. The quantitative estimate of drug-likeness (QED) is 0.689. The van der Waals surface area contributed by atoms with E-state index in [0.717, 1.165) is 26.8 Å². The fourth-order valence-electron chi connectivity index (χ4n) is 2.05. The van der Waals surface area contributed by atoms with Gasteiger partial charge in [-0.05, 0) is 36.0 Å². The van der Waals surface area contributed by atoms with Crippen molar-refractivity contribution in [2.75, 3.05) is 0 Å². The Hall–Kier alpha value is -1.39. The van der Waals surface area contributed by atoms with Gasteiger partial charge in [-0.25, -0.2) is 0 Å². The maximum atomic E-state index is 5.39. The highest BCUT2D eigenvalue weighted by Crippen LogP contribution is 2.20. The van der Waals surface area contributed by atoms with Crippen LogP contribution >= 0.6 is 28.1 Å². The average molecular weight is 319 g/mol. The van der Waals surface area contributed by atoms with E-state index in [9.17, 15) is 0 Å². The third-order valence-corrected chi connectivity index (χ3v) is 3.74. The topological polar surface area (TPSA) is 20.7 Å². The van der Waals surface area contributed by atoms with Crippen molar-refractivity contribution in [3.63, 3.8) is 0 Å². The lowest BCUT2D eigenvalue weighted by atomic mass is 10.2. The van der Waals surface area contributed by atoms with Crippen molar-refractivity contribution >= 4 is 39.2 Å². The van der Waals surface area contributed by atoms with Crippen LogP contribution in [0, 0.1) is 4.77 Å². The molecule has 0 amide bonds. The number of hydrogen-bond acceptors (Lipinski definition) is 1. The number of halogens is 1. The molecule has 0 aliphatic rings. The molecule has 0 saturated carbocycles. The van der Waals surface area contributed by atoms with Crippen LogP contribution < -0.4 is 0 Å². The van der Waals surface area contributed by atoms with E-state index in [0.29, 0.717) is 0 Å². The van der Waals surface area contributed by atoms with E-state index in [1.807, 2.05) is 30.3 Å². The van der Waals surface area contributed by atoms with Gasteiger partial charge in [0.15, 0.2) is 4.77 Å². The summed E-state index contributed by atoms with van der Waals surface area (Å²) in [5.74, 6) is 0. The summed E-state index contributed by atoms with van der Waals surface area (Å²) in [7, 11) is 0. The normalized spacial score (nSPS) is 10.9. The molecule has 0 atom stereocenters. The number of aromatic amines is 1. The number of nitrogens with one attached hydrogen (secondary N) is 1. The number of imidazole rings is 1. The molecule has 0 spiro atoms. The molecule has 1 N–H and O–H groups in total. The van der Waals surface area contributed by atoms with Crippen molar-refractivity contribution in [2.45, 2.75) is 6.54 Å². The zero-order valence-corrected chi connectivity index (χ0v) is 12.0. The number of nitrogens with zero attached hydrogens (tertiary/aromatic N) is 1. The van der Waals surface area contributed by atoms with E-state index in [1.54, 1.807) is 0 Å². The second-order valence-corrected chi connectivity index (χ2v) is 5.47. The molecule has 0 fully saturated rings. The lowest BCUT2D eigenvalue weighted by molar-refractivity contribution is 0.810. The molecule has 90 valence electrons. The lowest BCUT2D eigenvalue weighted by Gasteiger charge is -2.04. The number of benzene rings is 2. The Morgan fingerprint density at radius 2 is 1.89 bits per heavy atom. The second kappa shape index (κ2) is 4.71. The Morgan fingerprint density at radius 3 is 2.67 bits per heavy atom. The van der Waals surface area contributed by atoms with Gasteiger partial charge in [-0.1, -0.05) is 46.3 Å². The summed E-state index contributed by atoms with van der Waals surface area (Å²) in [6.45, 7) is 0.788. The molecule has 3 aromatic rings. The summed E-state index contributed by atoms with van der Waals surface area (Å²) in [4.78, 5) is 3.23. The summed E-state index contributed by atoms with van der Waals surface area (Å²) in [6.07, 6.45) is 0. The van der Waals surface area contributed by atoms with Gasteiger partial charge in [-0.3, -0.25) is 0 Å². The standard InChI is InChI=1S/C14H11BrN2S/c15-11-6-7-12-13(8-11)17(14(18)16-12)9-10-4-2-1-3-5-10/h1-8H,9H2,(H,16,18). The smallest absolute Gasteiger partial charge is 0.178 e. The Bertz CT molecular complexity index is 743. The number of aromatic nitrogens is 2. The minimum absolute atomic E-state index is 0.756. The van der Waals surface area contributed by atoms with Crippen LogP contribution in [-0.2, 0) is 6.54 Å². The second-order valence-electron chi connectivity index (χ2n) is 4.16. The van der Waals surface area contributed by atoms with Gasteiger partial charge in [0.05, 0.1) is 17.6 Å². The fraction of sp³-hybridized carbons (Fsp3) is 0.0714. The Labute approximate surface area is 118 Å². The summed E-state index contributed by atoms with van der Waals surface area (Å²) in [5, 5.41) is 0. The van der Waals surface area contributed by atoms with Gasteiger partial charge in [-0.2, -0.15) is 0 Å². The first-order chi connectivity index (χ1) is 8.74. The van der Waals surface area contributed by atoms with E-state index >= 15 is 0 Å². The third-order valence-electron chi connectivity index (χ3n) is 2.92. The van der Waals surface area contributed by atoms with Gasteiger partial charge in [0.1, 0.15) is 0 Å². The molecular weight excluding hydrogens is 308 g/mol. The Morgan fingerprint density at radius 1 is 1.11 bits per heavy atom. The number of hydrogen-bond donors (Lipinski definition) is 1. The number of H-pyrrole nitrogens is 1. The summed E-state index contributed by atoms with van der Waals surface area (Å²) in [6, 6.07) is 16.5. The van der Waals surface area contributed by atoms with E-state index in [4.69, 9.17) is 12.2 Å². The molecular formula is C14H11BrN2S. The van der Waals surface area contributed by atoms with Crippen molar-refractivity contribution < 1.29 is 0 Å². The SMILES string of the molecule is S=c1[nH]c2ccc(Br)cc2n1Cc1ccccc1. The lowest BCUT2D eigenvalue weighted by Crippen LogP contribution is -1.99. The molecule has 0 unspecified atom stereocenters.